The molecule has 1 atom stereocenters. The maximum atomic E-state index is 12.7. The average molecular weight is 393 g/mol. The predicted molar refractivity (Wildman–Crippen MR) is 112 cm³/mol. The number of morpholine rings is 1. The molecule has 6 heteroatoms. The number of ether oxygens (including phenoxy) is 3. The van der Waals surface area contributed by atoms with Crippen LogP contribution in [0.4, 0.5) is 5.69 Å². The Balaban J connectivity index is 1.78. The summed E-state index contributed by atoms with van der Waals surface area (Å²) in [7, 11) is 0. The first kappa shape index (κ1) is 22.7. The van der Waals surface area contributed by atoms with Gasteiger partial charge in [-0.1, -0.05) is 13.8 Å². The number of nitrogens with one attached hydrogen (secondary N) is 1. The van der Waals surface area contributed by atoms with Gasteiger partial charge in [-0.2, -0.15) is 0 Å². The molecule has 1 saturated heterocycles. The van der Waals surface area contributed by atoms with Crippen molar-refractivity contribution >= 4 is 11.6 Å². The molecule has 0 bridgehead atoms. The van der Waals surface area contributed by atoms with E-state index in [0.717, 1.165) is 50.7 Å². The van der Waals surface area contributed by atoms with E-state index in [1.165, 1.54) is 0 Å². The second kappa shape index (κ2) is 11.4. The summed E-state index contributed by atoms with van der Waals surface area (Å²) >= 11 is 0. The summed E-state index contributed by atoms with van der Waals surface area (Å²) in [4.78, 5) is 15.1. The minimum Gasteiger partial charge on any atom is -0.494 e. The Labute approximate surface area is 169 Å². The number of amides is 1. The molecular formula is C22H36N2O4. The highest BCUT2D eigenvalue weighted by molar-refractivity contribution is 5.97. The zero-order valence-electron chi connectivity index (χ0n) is 17.8. The van der Waals surface area contributed by atoms with E-state index in [0.29, 0.717) is 25.6 Å². The zero-order valence-corrected chi connectivity index (χ0v) is 17.8. The van der Waals surface area contributed by atoms with Crippen LogP contribution in [0.1, 0.15) is 40.5 Å². The standard InChI is InChI=1S/C22H36N2O4/c1-5-28-22(4,17-18(2)3)21(25)23-19-7-9-20(10-8-19)27-14-6-11-24-12-15-26-16-13-24/h7-10,18H,5-6,11-17H2,1-4H3,(H,23,25). The summed E-state index contributed by atoms with van der Waals surface area (Å²) in [5.41, 5.74) is -0.0715. The summed E-state index contributed by atoms with van der Waals surface area (Å²) < 4.78 is 16.9. The van der Waals surface area contributed by atoms with Gasteiger partial charge in [-0.3, -0.25) is 9.69 Å². The van der Waals surface area contributed by atoms with Crippen LogP contribution in [0.15, 0.2) is 24.3 Å². The lowest BCUT2D eigenvalue weighted by molar-refractivity contribution is -0.140. The van der Waals surface area contributed by atoms with E-state index < -0.39 is 5.60 Å². The van der Waals surface area contributed by atoms with Gasteiger partial charge in [-0.15, -0.1) is 0 Å². The molecule has 2 rings (SSSR count). The number of nitrogens with zero attached hydrogens (tertiary/aromatic N) is 1. The first-order chi connectivity index (χ1) is 13.4. The predicted octanol–water partition coefficient (Wildman–Crippen LogP) is 3.57. The van der Waals surface area contributed by atoms with Crippen LogP contribution in [0.5, 0.6) is 5.75 Å². The first-order valence-corrected chi connectivity index (χ1v) is 10.4. The van der Waals surface area contributed by atoms with E-state index in [-0.39, 0.29) is 5.91 Å². The van der Waals surface area contributed by atoms with Gasteiger partial charge in [0.1, 0.15) is 11.4 Å². The van der Waals surface area contributed by atoms with Crippen LogP contribution in [-0.2, 0) is 14.3 Å². The molecule has 1 aromatic carbocycles. The van der Waals surface area contributed by atoms with Crippen molar-refractivity contribution in [1.29, 1.82) is 0 Å². The van der Waals surface area contributed by atoms with Gasteiger partial charge in [0.25, 0.3) is 5.91 Å². The third-order valence-corrected chi connectivity index (χ3v) is 4.84. The van der Waals surface area contributed by atoms with Gasteiger partial charge < -0.3 is 19.5 Å². The molecule has 0 saturated carbocycles. The van der Waals surface area contributed by atoms with E-state index in [1.54, 1.807) is 0 Å². The Hall–Kier alpha value is -1.63. The zero-order chi connectivity index (χ0) is 20.4. The average Bonchev–Trinajstić information content (AvgIpc) is 2.67. The van der Waals surface area contributed by atoms with E-state index in [2.05, 4.69) is 24.1 Å². The van der Waals surface area contributed by atoms with Crippen molar-refractivity contribution in [1.82, 2.24) is 4.90 Å². The van der Waals surface area contributed by atoms with Crippen molar-refractivity contribution in [3.63, 3.8) is 0 Å². The fourth-order valence-electron chi connectivity index (χ4n) is 3.52. The lowest BCUT2D eigenvalue weighted by Gasteiger charge is -2.29. The van der Waals surface area contributed by atoms with Crippen LogP contribution in [-0.4, -0.2) is 62.5 Å². The first-order valence-electron chi connectivity index (χ1n) is 10.4. The topological polar surface area (TPSA) is 60.0 Å². The van der Waals surface area contributed by atoms with Crippen molar-refractivity contribution in [2.24, 2.45) is 5.92 Å². The van der Waals surface area contributed by atoms with Gasteiger partial charge in [0.05, 0.1) is 19.8 Å². The minimum atomic E-state index is -0.822. The molecule has 1 N–H and O–H groups in total. The highest BCUT2D eigenvalue weighted by Crippen LogP contribution is 2.24. The molecule has 1 fully saturated rings. The van der Waals surface area contributed by atoms with Crippen LogP contribution in [0, 0.1) is 5.92 Å². The lowest BCUT2D eigenvalue weighted by atomic mass is 9.93. The van der Waals surface area contributed by atoms with E-state index in [1.807, 2.05) is 38.1 Å². The van der Waals surface area contributed by atoms with Crippen molar-refractivity contribution < 1.29 is 19.0 Å². The van der Waals surface area contributed by atoms with Crippen LogP contribution in [0.3, 0.4) is 0 Å². The van der Waals surface area contributed by atoms with E-state index in [4.69, 9.17) is 14.2 Å². The third-order valence-electron chi connectivity index (χ3n) is 4.84. The SMILES string of the molecule is CCOC(C)(CC(C)C)C(=O)Nc1ccc(OCCCN2CCOCC2)cc1. The minimum absolute atomic E-state index is 0.109. The normalized spacial score (nSPS) is 17.3. The summed E-state index contributed by atoms with van der Waals surface area (Å²) in [6, 6.07) is 7.53. The van der Waals surface area contributed by atoms with Crippen LogP contribution >= 0.6 is 0 Å². The van der Waals surface area contributed by atoms with Gasteiger partial charge in [-0.05, 0) is 56.9 Å². The Morgan fingerprint density at radius 3 is 2.54 bits per heavy atom. The Bertz CT molecular complexity index is 585. The van der Waals surface area contributed by atoms with Gasteiger partial charge in [0.2, 0.25) is 0 Å². The molecule has 0 aromatic heterocycles. The van der Waals surface area contributed by atoms with Crippen molar-refractivity contribution in [2.45, 2.75) is 46.1 Å². The number of hydrogen-bond acceptors (Lipinski definition) is 5. The molecule has 0 spiro atoms. The fraction of sp³-hybridized carbons (Fsp3) is 0.682. The smallest absolute Gasteiger partial charge is 0.256 e. The van der Waals surface area contributed by atoms with Gasteiger partial charge in [-0.25, -0.2) is 0 Å². The van der Waals surface area contributed by atoms with Crippen molar-refractivity contribution in [2.75, 3.05) is 51.4 Å². The monoisotopic (exact) mass is 392 g/mol. The van der Waals surface area contributed by atoms with Gasteiger partial charge >= 0.3 is 0 Å². The Morgan fingerprint density at radius 1 is 1.25 bits per heavy atom. The molecule has 1 aliphatic heterocycles. The molecule has 1 heterocycles. The van der Waals surface area contributed by atoms with Crippen molar-refractivity contribution in [3.05, 3.63) is 24.3 Å². The summed E-state index contributed by atoms with van der Waals surface area (Å²) in [6.07, 6.45) is 1.66. The largest absolute Gasteiger partial charge is 0.494 e. The molecule has 1 aliphatic rings. The molecule has 0 aliphatic carbocycles. The summed E-state index contributed by atoms with van der Waals surface area (Å²) in [5.74, 6) is 1.08. The molecule has 1 aromatic rings. The second-order valence-electron chi connectivity index (χ2n) is 7.90. The lowest BCUT2D eigenvalue weighted by Crippen LogP contribution is -2.43. The third kappa shape index (κ3) is 7.41. The number of rotatable bonds is 11. The number of carbonyl (C=O) groups excluding carboxylic acids is 1. The van der Waals surface area contributed by atoms with E-state index >= 15 is 0 Å². The fourth-order valence-corrected chi connectivity index (χ4v) is 3.52. The highest BCUT2D eigenvalue weighted by Gasteiger charge is 2.34. The maximum absolute atomic E-state index is 12.7. The van der Waals surface area contributed by atoms with Gasteiger partial charge in [0.15, 0.2) is 0 Å². The molecule has 1 unspecified atom stereocenters. The van der Waals surface area contributed by atoms with Gasteiger partial charge in [0, 0.05) is 31.9 Å². The summed E-state index contributed by atoms with van der Waals surface area (Å²) in [6.45, 7) is 13.8. The van der Waals surface area contributed by atoms with Crippen LogP contribution in [0.2, 0.25) is 0 Å². The van der Waals surface area contributed by atoms with Crippen LogP contribution in [0.25, 0.3) is 0 Å². The molecule has 6 nitrogen and oxygen atoms in total. The second-order valence-corrected chi connectivity index (χ2v) is 7.90. The molecule has 0 radical (unpaired) electrons. The Kier molecular flexibility index (Phi) is 9.22. The molecule has 158 valence electrons. The molecule has 1 amide bonds. The molecule has 28 heavy (non-hydrogen) atoms. The van der Waals surface area contributed by atoms with E-state index in [9.17, 15) is 4.79 Å². The quantitative estimate of drug-likeness (QED) is 0.584. The van der Waals surface area contributed by atoms with Crippen LogP contribution < -0.4 is 10.1 Å². The molecular weight excluding hydrogens is 356 g/mol. The van der Waals surface area contributed by atoms with Crippen molar-refractivity contribution in [3.8, 4) is 5.75 Å². The number of anilines is 1. The number of carbonyl (C=O) groups is 1. The summed E-state index contributed by atoms with van der Waals surface area (Å²) in [5, 5.41) is 2.97. The maximum Gasteiger partial charge on any atom is 0.256 e. The Morgan fingerprint density at radius 2 is 1.93 bits per heavy atom. The highest BCUT2D eigenvalue weighted by atomic mass is 16.5. The number of hydrogen-bond donors (Lipinski definition) is 1. The number of benzene rings is 1.